The molecular weight excluding hydrogens is 334 g/mol. The highest BCUT2D eigenvalue weighted by atomic mass is 35.5. The number of rotatable bonds is 4. The third kappa shape index (κ3) is 3.58. The maximum Gasteiger partial charge on any atom is 0.283 e. The highest BCUT2D eigenvalue weighted by molar-refractivity contribution is 6.31. The second-order valence-electron chi connectivity index (χ2n) is 5.57. The van der Waals surface area contributed by atoms with Crippen LogP contribution in [0.5, 0.6) is 0 Å². The van der Waals surface area contributed by atoms with Gasteiger partial charge in [-0.05, 0) is 24.3 Å². The van der Waals surface area contributed by atoms with Crippen LogP contribution in [-0.2, 0) is 6.54 Å². The minimum Gasteiger partial charge on any atom is -0.468 e. The highest BCUT2D eigenvalue weighted by Gasteiger charge is 2.27. The van der Waals surface area contributed by atoms with E-state index >= 15 is 0 Å². The van der Waals surface area contributed by atoms with Crippen molar-refractivity contribution < 1.29 is 14.1 Å². The quantitative estimate of drug-likeness (QED) is 0.626. The number of furan rings is 1. The van der Waals surface area contributed by atoms with Gasteiger partial charge in [0.05, 0.1) is 17.7 Å². The van der Waals surface area contributed by atoms with Crippen molar-refractivity contribution in [3.63, 3.8) is 0 Å². The van der Waals surface area contributed by atoms with E-state index in [-0.39, 0.29) is 22.2 Å². The number of nitro benzene ring substituents is 1. The molecule has 0 unspecified atom stereocenters. The Morgan fingerprint density at radius 1 is 1.25 bits per heavy atom. The monoisotopic (exact) mass is 349 g/mol. The summed E-state index contributed by atoms with van der Waals surface area (Å²) in [6.07, 6.45) is 1.63. The lowest BCUT2D eigenvalue weighted by atomic mass is 10.1. The van der Waals surface area contributed by atoms with Crippen LogP contribution < -0.4 is 0 Å². The Balaban J connectivity index is 1.66. The Kier molecular flexibility index (Phi) is 4.82. The molecule has 0 spiro atoms. The lowest BCUT2D eigenvalue weighted by Gasteiger charge is -2.34. The van der Waals surface area contributed by atoms with Crippen LogP contribution in [0.15, 0.2) is 41.0 Å². The van der Waals surface area contributed by atoms with Crippen molar-refractivity contribution in [2.24, 2.45) is 0 Å². The summed E-state index contributed by atoms with van der Waals surface area (Å²) in [4.78, 5) is 27.0. The lowest BCUT2D eigenvalue weighted by molar-refractivity contribution is -0.385. The molecule has 0 atom stereocenters. The van der Waals surface area contributed by atoms with Gasteiger partial charge in [-0.2, -0.15) is 0 Å². The number of halogens is 1. The van der Waals surface area contributed by atoms with Gasteiger partial charge in [0, 0.05) is 37.3 Å². The number of hydrogen-bond donors (Lipinski definition) is 0. The molecule has 24 heavy (non-hydrogen) atoms. The molecule has 1 saturated heterocycles. The number of carbonyl (C=O) groups is 1. The number of hydrogen-bond acceptors (Lipinski definition) is 5. The van der Waals surface area contributed by atoms with Crippen LogP contribution in [0, 0.1) is 10.1 Å². The van der Waals surface area contributed by atoms with E-state index in [1.54, 1.807) is 11.2 Å². The molecule has 1 aromatic heterocycles. The fourth-order valence-corrected chi connectivity index (χ4v) is 2.91. The zero-order valence-electron chi connectivity index (χ0n) is 12.9. The molecule has 1 aromatic carbocycles. The smallest absolute Gasteiger partial charge is 0.283 e. The second-order valence-corrected chi connectivity index (χ2v) is 6.00. The number of nitro groups is 1. The van der Waals surface area contributed by atoms with Crippen LogP contribution in [0.2, 0.25) is 5.02 Å². The lowest BCUT2D eigenvalue weighted by Crippen LogP contribution is -2.48. The van der Waals surface area contributed by atoms with Gasteiger partial charge >= 0.3 is 0 Å². The molecule has 1 aliphatic heterocycles. The Bertz CT molecular complexity index is 740. The van der Waals surface area contributed by atoms with Gasteiger partial charge in [-0.25, -0.2) is 0 Å². The van der Waals surface area contributed by atoms with Gasteiger partial charge < -0.3 is 9.32 Å². The first-order valence-electron chi connectivity index (χ1n) is 7.52. The largest absolute Gasteiger partial charge is 0.468 e. The maximum absolute atomic E-state index is 12.6. The Morgan fingerprint density at radius 2 is 2.00 bits per heavy atom. The average molecular weight is 350 g/mol. The van der Waals surface area contributed by atoms with E-state index in [0.717, 1.165) is 5.76 Å². The molecule has 126 valence electrons. The van der Waals surface area contributed by atoms with Crippen molar-refractivity contribution in [2.45, 2.75) is 6.54 Å². The molecule has 0 radical (unpaired) electrons. The Labute approximate surface area is 143 Å². The Morgan fingerprint density at radius 3 is 2.62 bits per heavy atom. The van der Waals surface area contributed by atoms with Crippen LogP contribution in [0.4, 0.5) is 5.69 Å². The number of amides is 1. The summed E-state index contributed by atoms with van der Waals surface area (Å²) >= 11 is 5.79. The zero-order chi connectivity index (χ0) is 17.1. The van der Waals surface area contributed by atoms with Crippen molar-refractivity contribution in [3.05, 3.63) is 63.1 Å². The van der Waals surface area contributed by atoms with E-state index in [1.165, 1.54) is 18.2 Å². The van der Waals surface area contributed by atoms with Crippen LogP contribution in [-0.4, -0.2) is 46.8 Å². The Hall–Kier alpha value is -2.38. The van der Waals surface area contributed by atoms with Crippen molar-refractivity contribution in [1.82, 2.24) is 9.80 Å². The van der Waals surface area contributed by atoms with Gasteiger partial charge in [-0.1, -0.05) is 11.6 Å². The molecule has 1 aliphatic rings. The number of piperazine rings is 1. The normalized spacial score (nSPS) is 15.5. The summed E-state index contributed by atoms with van der Waals surface area (Å²) in [5, 5.41) is 11.4. The van der Waals surface area contributed by atoms with E-state index in [9.17, 15) is 14.9 Å². The van der Waals surface area contributed by atoms with Crippen LogP contribution in [0.25, 0.3) is 0 Å². The first-order chi connectivity index (χ1) is 11.5. The van der Waals surface area contributed by atoms with Gasteiger partial charge in [0.15, 0.2) is 0 Å². The SMILES string of the molecule is O=C(c1ccc(Cl)cc1[N+](=O)[O-])N1CCN(Cc2ccco2)CC1. The van der Waals surface area contributed by atoms with Crippen molar-refractivity contribution in [2.75, 3.05) is 26.2 Å². The fraction of sp³-hybridized carbons (Fsp3) is 0.312. The standard InChI is InChI=1S/C16H16ClN3O4/c17-12-3-4-14(15(10-12)20(22)23)16(21)19-7-5-18(6-8-19)11-13-2-1-9-24-13/h1-4,9-10H,5-8,11H2. The average Bonchev–Trinajstić information content (AvgIpc) is 3.08. The summed E-state index contributed by atoms with van der Waals surface area (Å²) in [5.41, 5.74) is -0.186. The molecule has 7 nitrogen and oxygen atoms in total. The fourth-order valence-electron chi connectivity index (χ4n) is 2.74. The van der Waals surface area contributed by atoms with Gasteiger partial charge in [0.25, 0.3) is 11.6 Å². The first-order valence-corrected chi connectivity index (χ1v) is 7.90. The van der Waals surface area contributed by atoms with E-state index < -0.39 is 4.92 Å². The summed E-state index contributed by atoms with van der Waals surface area (Å²) in [6, 6.07) is 7.87. The zero-order valence-corrected chi connectivity index (χ0v) is 13.6. The molecule has 3 rings (SSSR count). The minimum absolute atomic E-state index is 0.0730. The van der Waals surface area contributed by atoms with Crippen molar-refractivity contribution in [1.29, 1.82) is 0 Å². The molecule has 1 fully saturated rings. The number of benzene rings is 1. The molecule has 2 heterocycles. The summed E-state index contributed by atoms with van der Waals surface area (Å²) in [6.45, 7) is 3.09. The predicted octanol–water partition coefficient (Wildman–Crippen LogP) is 2.80. The third-order valence-electron chi connectivity index (χ3n) is 4.01. The minimum atomic E-state index is -0.577. The van der Waals surface area contributed by atoms with Gasteiger partial charge in [0.2, 0.25) is 0 Å². The van der Waals surface area contributed by atoms with Gasteiger partial charge in [0.1, 0.15) is 11.3 Å². The topological polar surface area (TPSA) is 79.8 Å². The molecule has 8 heteroatoms. The van der Waals surface area contributed by atoms with E-state index in [4.69, 9.17) is 16.0 Å². The van der Waals surface area contributed by atoms with E-state index in [0.29, 0.717) is 32.7 Å². The summed E-state index contributed by atoms with van der Waals surface area (Å²) in [7, 11) is 0. The molecular formula is C16H16ClN3O4. The van der Waals surface area contributed by atoms with Crippen molar-refractivity contribution >= 4 is 23.2 Å². The number of carbonyl (C=O) groups excluding carboxylic acids is 1. The summed E-state index contributed by atoms with van der Waals surface area (Å²) < 4.78 is 5.32. The van der Waals surface area contributed by atoms with E-state index in [2.05, 4.69) is 4.90 Å². The molecule has 0 bridgehead atoms. The molecule has 1 amide bonds. The number of nitrogens with zero attached hydrogens (tertiary/aromatic N) is 3. The second kappa shape index (κ2) is 7.02. The molecule has 2 aromatic rings. The summed E-state index contributed by atoms with van der Waals surface area (Å²) in [5.74, 6) is 0.541. The van der Waals surface area contributed by atoms with Crippen LogP contribution in [0.3, 0.4) is 0 Å². The molecule has 0 saturated carbocycles. The van der Waals surface area contributed by atoms with Crippen molar-refractivity contribution in [3.8, 4) is 0 Å². The molecule has 0 N–H and O–H groups in total. The van der Waals surface area contributed by atoms with Crippen LogP contribution >= 0.6 is 11.6 Å². The maximum atomic E-state index is 12.6. The molecule has 0 aliphatic carbocycles. The van der Waals surface area contributed by atoms with E-state index in [1.807, 2.05) is 12.1 Å². The highest BCUT2D eigenvalue weighted by Crippen LogP contribution is 2.25. The van der Waals surface area contributed by atoms with Gasteiger partial charge in [-0.15, -0.1) is 0 Å². The van der Waals surface area contributed by atoms with Crippen LogP contribution in [0.1, 0.15) is 16.1 Å². The third-order valence-corrected chi connectivity index (χ3v) is 4.24. The first kappa shape index (κ1) is 16.5. The van der Waals surface area contributed by atoms with Gasteiger partial charge in [-0.3, -0.25) is 19.8 Å². The predicted molar refractivity (Wildman–Crippen MR) is 88.0 cm³/mol.